The Morgan fingerprint density at radius 1 is 1.32 bits per heavy atom. The van der Waals surface area contributed by atoms with Crippen LogP contribution >= 0.6 is 24.0 Å². The van der Waals surface area contributed by atoms with Crippen LogP contribution in [0.3, 0.4) is 0 Å². The van der Waals surface area contributed by atoms with Crippen molar-refractivity contribution in [2.45, 2.75) is 46.7 Å². The molecule has 25 heavy (non-hydrogen) atoms. The third-order valence-corrected chi connectivity index (χ3v) is 6.05. The number of sulfone groups is 1. The van der Waals surface area contributed by atoms with Gasteiger partial charge in [0.15, 0.2) is 15.8 Å². The molecule has 1 saturated heterocycles. The van der Waals surface area contributed by atoms with E-state index in [4.69, 9.17) is 0 Å². The first-order chi connectivity index (χ1) is 11.2. The Morgan fingerprint density at radius 3 is 2.60 bits per heavy atom. The van der Waals surface area contributed by atoms with Crippen LogP contribution in [0, 0.1) is 19.8 Å². The molecule has 142 valence electrons. The van der Waals surface area contributed by atoms with Crippen molar-refractivity contribution < 1.29 is 8.42 Å². The van der Waals surface area contributed by atoms with Crippen molar-refractivity contribution in [3.63, 3.8) is 0 Å². The molecule has 1 unspecified atom stereocenters. The smallest absolute Gasteiger partial charge is 0.191 e. The molecular formula is C18H30IN3O2S. The molecule has 1 aromatic carbocycles. The quantitative estimate of drug-likeness (QED) is 0.387. The molecule has 0 amide bonds. The van der Waals surface area contributed by atoms with Crippen molar-refractivity contribution >= 4 is 39.8 Å². The average molecular weight is 479 g/mol. The Hall–Kier alpha value is -0.830. The zero-order chi connectivity index (χ0) is 17.7. The van der Waals surface area contributed by atoms with E-state index in [1.54, 1.807) is 0 Å². The molecule has 0 bridgehead atoms. The van der Waals surface area contributed by atoms with E-state index in [-0.39, 0.29) is 41.7 Å². The Morgan fingerprint density at radius 2 is 2.04 bits per heavy atom. The molecule has 2 rings (SSSR count). The highest BCUT2D eigenvalue weighted by Crippen LogP contribution is 2.17. The first-order valence-electron chi connectivity index (χ1n) is 8.56. The third-order valence-electron chi connectivity index (χ3n) is 4.22. The fraction of sp³-hybridized carbons (Fsp3) is 0.611. The summed E-state index contributed by atoms with van der Waals surface area (Å²) in [6, 6.07) is 6.65. The third kappa shape index (κ3) is 7.52. The molecule has 1 fully saturated rings. The number of nitrogens with one attached hydrogen (secondary N) is 2. The number of aliphatic imine (C=N–C) groups is 1. The molecule has 1 aromatic rings. The molecule has 1 heterocycles. The van der Waals surface area contributed by atoms with E-state index in [1.807, 2.05) is 0 Å². The summed E-state index contributed by atoms with van der Waals surface area (Å²) in [4.78, 5) is 4.67. The van der Waals surface area contributed by atoms with Gasteiger partial charge in [0.05, 0.1) is 18.1 Å². The van der Waals surface area contributed by atoms with Gasteiger partial charge >= 0.3 is 0 Å². The minimum atomic E-state index is -2.83. The van der Waals surface area contributed by atoms with Gasteiger partial charge in [0, 0.05) is 12.6 Å². The van der Waals surface area contributed by atoms with Crippen LogP contribution in [0.4, 0.5) is 0 Å². The van der Waals surface area contributed by atoms with Gasteiger partial charge in [0.25, 0.3) is 0 Å². The van der Waals surface area contributed by atoms with Crippen LogP contribution in [0.5, 0.6) is 0 Å². The maximum absolute atomic E-state index is 11.6. The summed E-state index contributed by atoms with van der Waals surface area (Å²) < 4.78 is 23.1. The normalized spacial score (nSPS) is 19.6. The van der Waals surface area contributed by atoms with Crippen molar-refractivity contribution in [2.24, 2.45) is 10.9 Å². The number of guanidine groups is 1. The number of aryl methyl sites for hydroxylation is 2. The second-order valence-corrected chi connectivity index (χ2v) is 9.27. The van der Waals surface area contributed by atoms with E-state index >= 15 is 0 Å². The van der Waals surface area contributed by atoms with Crippen LogP contribution in [-0.2, 0) is 16.4 Å². The van der Waals surface area contributed by atoms with Crippen molar-refractivity contribution in [2.75, 3.05) is 18.1 Å². The summed E-state index contributed by atoms with van der Waals surface area (Å²) in [5, 5.41) is 6.62. The molecule has 1 aliphatic heterocycles. The predicted octanol–water partition coefficient (Wildman–Crippen LogP) is 2.80. The number of hydrogen-bond donors (Lipinski definition) is 2. The van der Waals surface area contributed by atoms with E-state index in [0.717, 1.165) is 12.4 Å². The number of hydrogen-bond acceptors (Lipinski definition) is 3. The lowest BCUT2D eigenvalue weighted by Crippen LogP contribution is -2.43. The van der Waals surface area contributed by atoms with Crippen LogP contribution in [-0.4, -0.2) is 38.5 Å². The summed E-state index contributed by atoms with van der Waals surface area (Å²) in [7, 11) is -2.83. The van der Waals surface area contributed by atoms with Crippen LogP contribution in [0.2, 0.25) is 0 Å². The Balaban J connectivity index is 0.00000312. The van der Waals surface area contributed by atoms with Gasteiger partial charge in [-0.15, -0.1) is 24.0 Å². The molecule has 0 aromatic heterocycles. The fourth-order valence-electron chi connectivity index (χ4n) is 2.89. The number of nitrogens with zero attached hydrogens (tertiary/aromatic N) is 1. The van der Waals surface area contributed by atoms with Gasteiger partial charge in [-0.05, 0) is 51.2 Å². The van der Waals surface area contributed by atoms with Gasteiger partial charge < -0.3 is 10.6 Å². The standard InChI is InChI=1S/C18H29N3O2S.HI/c1-13(2)21-18(19-10-16-7-8-24(22,23)12-16)20-11-17-6-5-14(3)9-15(17)4;/h5-6,9,13,16H,7-8,10-12H2,1-4H3,(H2,19,20,21);1H. The largest absolute Gasteiger partial charge is 0.356 e. The Kier molecular flexibility index (Phi) is 8.67. The predicted molar refractivity (Wildman–Crippen MR) is 116 cm³/mol. The van der Waals surface area contributed by atoms with Gasteiger partial charge in [-0.25, -0.2) is 13.4 Å². The molecule has 5 nitrogen and oxygen atoms in total. The van der Waals surface area contributed by atoms with Crippen LogP contribution in [0.25, 0.3) is 0 Å². The summed E-state index contributed by atoms with van der Waals surface area (Å²) in [5.74, 6) is 1.52. The molecule has 2 N–H and O–H groups in total. The summed E-state index contributed by atoms with van der Waals surface area (Å²) in [5.41, 5.74) is 3.69. The van der Waals surface area contributed by atoms with Crippen LogP contribution < -0.4 is 10.6 Å². The second-order valence-electron chi connectivity index (χ2n) is 7.04. The highest BCUT2D eigenvalue weighted by molar-refractivity contribution is 14.0. The van der Waals surface area contributed by atoms with Gasteiger partial charge in [0.2, 0.25) is 0 Å². The minimum Gasteiger partial charge on any atom is -0.356 e. The Labute approximate surface area is 169 Å². The second kappa shape index (κ2) is 9.75. The maximum Gasteiger partial charge on any atom is 0.191 e. The molecule has 0 spiro atoms. The van der Waals surface area contributed by atoms with Crippen LogP contribution in [0.1, 0.15) is 37.0 Å². The molecule has 0 radical (unpaired) electrons. The van der Waals surface area contributed by atoms with Crippen molar-refractivity contribution in [3.05, 3.63) is 34.9 Å². The summed E-state index contributed by atoms with van der Waals surface area (Å²) >= 11 is 0. The van der Waals surface area contributed by atoms with E-state index in [0.29, 0.717) is 18.8 Å². The molecule has 1 aliphatic rings. The Bertz CT molecular complexity index is 702. The van der Waals surface area contributed by atoms with Crippen molar-refractivity contribution in [1.29, 1.82) is 0 Å². The highest BCUT2D eigenvalue weighted by atomic mass is 127. The molecular weight excluding hydrogens is 449 g/mol. The van der Waals surface area contributed by atoms with E-state index in [9.17, 15) is 8.42 Å². The lowest BCUT2D eigenvalue weighted by Gasteiger charge is -2.17. The summed E-state index contributed by atoms with van der Waals surface area (Å²) in [6.45, 7) is 9.57. The van der Waals surface area contributed by atoms with Crippen LogP contribution in [0.15, 0.2) is 23.2 Å². The van der Waals surface area contributed by atoms with E-state index in [2.05, 4.69) is 61.5 Å². The fourth-order valence-corrected chi connectivity index (χ4v) is 4.75. The van der Waals surface area contributed by atoms with Gasteiger partial charge in [0.1, 0.15) is 0 Å². The average Bonchev–Trinajstić information content (AvgIpc) is 2.82. The first-order valence-corrected chi connectivity index (χ1v) is 10.4. The van der Waals surface area contributed by atoms with Gasteiger partial charge in [-0.1, -0.05) is 23.8 Å². The zero-order valence-corrected chi connectivity index (χ0v) is 18.6. The van der Waals surface area contributed by atoms with Crippen molar-refractivity contribution in [1.82, 2.24) is 10.6 Å². The van der Waals surface area contributed by atoms with Gasteiger partial charge in [-0.2, -0.15) is 0 Å². The van der Waals surface area contributed by atoms with Gasteiger partial charge in [-0.3, -0.25) is 0 Å². The minimum absolute atomic E-state index is 0. The topological polar surface area (TPSA) is 70.6 Å². The monoisotopic (exact) mass is 479 g/mol. The molecule has 0 aliphatic carbocycles. The highest BCUT2D eigenvalue weighted by Gasteiger charge is 2.27. The van der Waals surface area contributed by atoms with Crippen molar-refractivity contribution in [3.8, 4) is 0 Å². The first kappa shape index (κ1) is 22.2. The van der Waals surface area contributed by atoms with E-state index < -0.39 is 9.84 Å². The number of benzene rings is 1. The molecule has 7 heteroatoms. The lowest BCUT2D eigenvalue weighted by molar-refractivity contribution is 0.562. The number of halogens is 1. The number of rotatable bonds is 5. The zero-order valence-electron chi connectivity index (χ0n) is 15.5. The lowest BCUT2D eigenvalue weighted by atomic mass is 10.1. The SMILES string of the molecule is Cc1ccc(CN=C(NCC2CCS(=O)(=O)C2)NC(C)C)c(C)c1.I. The maximum atomic E-state index is 11.6. The molecule has 0 saturated carbocycles. The molecule has 1 atom stereocenters. The summed E-state index contributed by atoms with van der Waals surface area (Å²) in [6.07, 6.45) is 0.737. The van der Waals surface area contributed by atoms with E-state index in [1.165, 1.54) is 16.7 Å².